The molecule has 0 saturated heterocycles. The summed E-state index contributed by atoms with van der Waals surface area (Å²) in [5.41, 5.74) is 9.35. The molecular weight excluding hydrogens is 452 g/mol. The lowest BCUT2D eigenvalue weighted by atomic mass is 10.0. The fourth-order valence-electron chi connectivity index (χ4n) is 3.68. The molecule has 7 N–H and O–H groups in total. The lowest BCUT2D eigenvalue weighted by Crippen LogP contribution is -2.49. The zero-order chi connectivity index (χ0) is 23.8. The van der Waals surface area contributed by atoms with Gasteiger partial charge in [0.15, 0.2) is 0 Å². The maximum atomic E-state index is 12.7. The van der Waals surface area contributed by atoms with Crippen molar-refractivity contribution >= 4 is 41.0 Å². The van der Waals surface area contributed by atoms with Crippen LogP contribution in [0, 0.1) is 11.3 Å². The summed E-state index contributed by atoms with van der Waals surface area (Å²) in [6.45, 7) is 4.84. The Labute approximate surface area is 206 Å². The van der Waals surface area contributed by atoms with E-state index in [4.69, 9.17) is 11.1 Å². The molecule has 0 saturated carbocycles. The Bertz CT molecular complexity index is 1110. The van der Waals surface area contributed by atoms with Crippen LogP contribution in [0.5, 0.6) is 0 Å². The quantitative estimate of drug-likeness (QED) is 0.184. The summed E-state index contributed by atoms with van der Waals surface area (Å²) in [6.07, 6.45) is 2.67. The van der Waals surface area contributed by atoms with Crippen LogP contribution < -0.4 is 21.7 Å². The Balaban J connectivity index is 0.00000408. The van der Waals surface area contributed by atoms with Crippen molar-refractivity contribution in [2.24, 2.45) is 11.7 Å². The highest BCUT2D eigenvalue weighted by atomic mass is 35.5. The zero-order valence-corrected chi connectivity index (χ0v) is 20.3. The Hall–Kier alpha value is -3.36. The van der Waals surface area contributed by atoms with E-state index in [-0.39, 0.29) is 42.5 Å². The van der Waals surface area contributed by atoms with Crippen LogP contribution in [0.1, 0.15) is 30.5 Å². The number of aromatic nitrogens is 1. The van der Waals surface area contributed by atoms with Crippen molar-refractivity contribution in [3.63, 3.8) is 0 Å². The Morgan fingerprint density at radius 1 is 1.06 bits per heavy atom. The number of H-pyrrole nitrogens is 1. The van der Waals surface area contributed by atoms with Gasteiger partial charge in [0.05, 0.1) is 12.6 Å². The van der Waals surface area contributed by atoms with Gasteiger partial charge in [0.1, 0.15) is 5.84 Å². The SMILES string of the molecule is CC(C)C(NCc1ccc(C(=N)N)cc1)C(=O)NCC(=O)NCCc1c[nH]c2ccccc12.Cl. The van der Waals surface area contributed by atoms with Crippen molar-refractivity contribution in [2.75, 3.05) is 13.1 Å². The molecule has 1 heterocycles. The molecule has 182 valence electrons. The number of benzene rings is 2. The minimum atomic E-state index is -0.434. The highest BCUT2D eigenvalue weighted by molar-refractivity contribution is 5.94. The fraction of sp³-hybridized carbons (Fsp3) is 0.320. The number of hydrogen-bond acceptors (Lipinski definition) is 4. The molecule has 1 atom stereocenters. The molecule has 34 heavy (non-hydrogen) atoms. The topological polar surface area (TPSA) is 136 Å². The molecule has 3 rings (SSSR count). The molecule has 0 aliphatic heterocycles. The number of aromatic amines is 1. The van der Waals surface area contributed by atoms with Gasteiger partial charge in [0.25, 0.3) is 0 Å². The average molecular weight is 485 g/mol. The first-order valence-electron chi connectivity index (χ1n) is 11.1. The average Bonchev–Trinajstić information content (AvgIpc) is 3.21. The highest BCUT2D eigenvalue weighted by Crippen LogP contribution is 2.17. The minimum Gasteiger partial charge on any atom is -0.384 e. The number of amides is 2. The number of rotatable bonds is 11. The number of carbonyl (C=O) groups excluding carboxylic acids is 2. The highest BCUT2D eigenvalue weighted by Gasteiger charge is 2.22. The molecule has 0 aliphatic rings. The van der Waals surface area contributed by atoms with Gasteiger partial charge < -0.3 is 26.7 Å². The predicted molar refractivity (Wildman–Crippen MR) is 138 cm³/mol. The van der Waals surface area contributed by atoms with E-state index >= 15 is 0 Å². The molecule has 0 aliphatic carbocycles. The third-order valence-electron chi connectivity index (χ3n) is 5.55. The molecule has 2 aromatic carbocycles. The van der Waals surface area contributed by atoms with Crippen molar-refractivity contribution in [1.29, 1.82) is 5.41 Å². The maximum absolute atomic E-state index is 12.7. The lowest BCUT2D eigenvalue weighted by molar-refractivity contribution is -0.128. The number of para-hydroxylation sites is 1. The smallest absolute Gasteiger partial charge is 0.239 e. The van der Waals surface area contributed by atoms with Crippen molar-refractivity contribution < 1.29 is 9.59 Å². The second kappa shape index (κ2) is 12.8. The van der Waals surface area contributed by atoms with Crippen molar-refractivity contribution in [3.05, 3.63) is 71.4 Å². The summed E-state index contributed by atoms with van der Waals surface area (Å²) < 4.78 is 0. The zero-order valence-electron chi connectivity index (χ0n) is 19.5. The van der Waals surface area contributed by atoms with Crippen LogP contribution in [-0.4, -0.2) is 41.8 Å². The van der Waals surface area contributed by atoms with Crippen LogP contribution in [0.3, 0.4) is 0 Å². The number of nitrogens with two attached hydrogens (primary N) is 1. The summed E-state index contributed by atoms with van der Waals surface area (Å²) in [5.74, 6) is -0.359. The number of carbonyl (C=O) groups is 2. The fourth-order valence-corrected chi connectivity index (χ4v) is 3.68. The number of hydrogen-bond donors (Lipinski definition) is 6. The molecule has 9 heteroatoms. The van der Waals surface area contributed by atoms with Crippen LogP contribution in [0.4, 0.5) is 0 Å². The first-order valence-corrected chi connectivity index (χ1v) is 11.1. The van der Waals surface area contributed by atoms with Crippen molar-refractivity contribution in [1.82, 2.24) is 20.9 Å². The van der Waals surface area contributed by atoms with Crippen LogP contribution in [0.25, 0.3) is 10.9 Å². The van der Waals surface area contributed by atoms with Crippen molar-refractivity contribution in [3.8, 4) is 0 Å². The Morgan fingerprint density at radius 3 is 2.44 bits per heavy atom. The van der Waals surface area contributed by atoms with Crippen LogP contribution in [0.2, 0.25) is 0 Å². The van der Waals surface area contributed by atoms with Gasteiger partial charge >= 0.3 is 0 Å². The summed E-state index contributed by atoms with van der Waals surface area (Å²) >= 11 is 0. The second-order valence-electron chi connectivity index (χ2n) is 8.39. The summed E-state index contributed by atoms with van der Waals surface area (Å²) in [4.78, 5) is 28.1. The van der Waals surface area contributed by atoms with E-state index in [1.807, 2.05) is 50.4 Å². The van der Waals surface area contributed by atoms with Gasteiger partial charge in [0.2, 0.25) is 11.8 Å². The molecule has 0 fully saturated rings. The third-order valence-corrected chi connectivity index (χ3v) is 5.55. The van der Waals surface area contributed by atoms with Crippen LogP contribution in [0.15, 0.2) is 54.7 Å². The summed E-state index contributed by atoms with van der Waals surface area (Å²) in [6, 6.07) is 14.9. The molecule has 0 bridgehead atoms. The summed E-state index contributed by atoms with van der Waals surface area (Å²) in [5, 5.41) is 17.5. The monoisotopic (exact) mass is 484 g/mol. The van der Waals surface area contributed by atoms with Gasteiger partial charge in [-0.2, -0.15) is 0 Å². The predicted octanol–water partition coefficient (Wildman–Crippen LogP) is 2.46. The molecule has 1 aromatic heterocycles. The van der Waals surface area contributed by atoms with Crippen LogP contribution in [-0.2, 0) is 22.6 Å². The van der Waals surface area contributed by atoms with Crippen LogP contribution >= 0.6 is 12.4 Å². The molecular formula is C25H33ClN6O2. The number of nitrogens with one attached hydrogen (secondary N) is 5. The first-order chi connectivity index (χ1) is 15.8. The normalized spacial score (nSPS) is 11.6. The summed E-state index contributed by atoms with van der Waals surface area (Å²) in [7, 11) is 0. The molecule has 3 aromatic rings. The van der Waals surface area contributed by atoms with Gasteiger partial charge in [-0.3, -0.25) is 15.0 Å². The van der Waals surface area contributed by atoms with E-state index in [9.17, 15) is 9.59 Å². The van der Waals surface area contributed by atoms with E-state index in [0.29, 0.717) is 25.1 Å². The molecule has 0 radical (unpaired) electrons. The number of amidine groups is 1. The lowest BCUT2D eigenvalue weighted by Gasteiger charge is -2.22. The van der Waals surface area contributed by atoms with Gasteiger partial charge in [-0.15, -0.1) is 12.4 Å². The van der Waals surface area contributed by atoms with Gasteiger partial charge in [-0.25, -0.2) is 0 Å². The van der Waals surface area contributed by atoms with Gasteiger partial charge in [-0.05, 0) is 29.5 Å². The number of halogens is 1. The van der Waals surface area contributed by atoms with E-state index in [1.54, 1.807) is 12.1 Å². The minimum absolute atomic E-state index is 0. The van der Waals surface area contributed by atoms with Crippen molar-refractivity contribution in [2.45, 2.75) is 32.9 Å². The maximum Gasteiger partial charge on any atom is 0.239 e. The first kappa shape index (κ1) is 26.9. The molecule has 2 amide bonds. The Kier molecular flexibility index (Phi) is 10.1. The van der Waals surface area contributed by atoms with E-state index in [1.165, 1.54) is 0 Å². The van der Waals surface area contributed by atoms with Gasteiger partial charge in [0, 0.05) is 35.8 Å². The Morgan fingerprint density at radius 2 is 1.76 bits per heavy atom. The number of nitrogen functional groups attached to an aromatic ring is 1. The third kappa shape index (κ3) is 7.33. The van der Waals surface area contributed by atoms with E-state index < -0.39 is 6.04 Å². The molecule has 8 nitrogen and oxygen atoms in total. The second-order valence-corrected chi connectivity index (χ2v) is 8.39. The van der Waals surface area contributed by atoms with E-state index in [2.05, 4.69) is 27.0 Å². The van der Waals surface area contributed by atoms with Gasteiger partial charge in [-0.1, -0.05) is 56.3 Å². The largest absolute Gasteiger partial charge is 0.384 e. The van der Waals surface area contributed by atoms with E-state index in [0.717, 1.165) is 22.0 Å². The molecule has 1 unspecified atom stereocenters. The molecule has 0 spiro atoms. The number of fused-ring (bicyclic) bond motifs is 1. The standard InChI is InChI=1S/C25H32N6O2.ClH/c1-16(2)23(30-13-17-7-9-18(10-8-17)24(26)27)25(33)31-15-22(32)28-12-11-19-14-29-21-6-4-3-5-20(19)21;/h3-10,14,16,23,29-30H,11-13,15H2,1-2H3,(H3,26,27)(H,28,32)(H,31,33);1H.